The summed E-state index contributed by atoms with van der Waals surface area (Å²) >= 11 is 0. The maximum Gasteiger partial charge on any atom is 0.165 e. The number of para-hydroxylation sites is 1. The van der Waals surface area contributed by atoms with Gasteiger partial charge in [0.15, 0.2) is 5.82 Å². The summed E-state index contributed by atoms with van der Waals surface area (Å²) in [7, 11) is 1.67. The molecular weight excluding hydrogens is 262 g/mol. The van der Waals surface area contributed by atoms with Crippen LogP contribution in [0, 0.1) is 0 Å². The van der Waals surface area contributed by atoms with E-state index >= 15 is 0 Å². The highest BCUT2D eigenvalue weighted by Gasteiger charge is 2.10. The minimum Gasteiger partial charge on any atom is -0.496 e. The number of ether oxygens (including phenoxy) is 1. The Hall–Kier alpha value is -2.10. The molecule has 0 spiro atoms. The second kappa shape index (κ2) is 7.62. The van der Waals surface area contributed by atoms with Crippen molar-refractivity contribution < 1.29 is 4.74 Å². The van der Waals surface area contributed by atoms with Crippen LogP contribution in [0.4, 0.5) is 5.82 Å². The fourth-order valence-electron chi connectivity index (χ4n) is 2.18. The summed E-state index contributed by atoms with van der Waals surface area (Å²) in [5.41, 5.74) is 1.99. The minimum atomic E-state index is 0.719. The predicted molar refractivity (Wildman–Crippen MR) is 86.8 cm³/mol. The highest BCUT2D eigenvalue weighted by Crippen LogP contribution is 2.28. The van der Waals surface area contributed by atoms with Crippen LogP contribution in [-0.4, -0.2) is 23.6 Å². The smallest absolute Gasteiger partial charge is 0.165 e. The van der Waals surface area contributed by atoms with E-state index in [1.54, 1.807) is 7.11 Å². The van der Waals surface area contributed by atoms with Gasteiger partial charge in [0.2, 0.25) is 0 Å². The normalized spacial score (nSPS) is 10.4. The predicted octanol–water partition coefficient (Wildman–Crippen LogP) is 3.93. The summed E-state index contributed by atoms with van der Waals surface area (Å²) in [5, 5.41) is 3.35. The van der Waals surface area contributed by atoms with Gasteiger partial charge in [0.25, 0.3) is 0 Å². The third-order valence-corrected chi connectivity index (χ3v) is 3.19. The Morgan fingerprint density at radius 2 is 1.90 bits per heavy atom. The number of methoxy groups -OCH3 is 1. The molecule has 1 aromatic heterocycles. The third-order valence-electron chi connectivity index (χ3n) is 3.19. The Labute approximate surface area is 126 Å². The van der Waals surface area contributed by atoms with Crippen molar-refractivity contribution in [2.45, 2.75) is 33.1 Å². The van der Waals surface area contributed by atoms with Crippen molar-refractivity contribution >= 4 is 5.82 Å². The molecule has 0 saturated carbocycles. The number of nitrogens with zero attached hydrogens (tertiary/aromatic N) is 2. The molecule has 2 aromatic rings. The lowest BCUT2D eigenvalue weighted by atomic mass is 10.1. The van der Waals surface area contributed by atoms with Crippen LogP contribution < -0.4 is 10.1 Å². The molecule has 0 fully saturated rings. The third kappa shape index (κ3) is 3.94. The SMILES string of the molecule is CCCNc1cc(CCC)nc(-c2ccccc2OC)n1. The van der Waals surface area contributed by atoms with Gasteiger partial charge in [-0.2, -0.15) is 0 Å². The van der Waals surface area contributed by atoms with Crippen molar-refractivity contribution in [3.05, 3.63) is 36.0 Å². The summed E-state index contributed by atoms with van der Waals surface area (Å²) in [6.07, 6.45) is 3.08. The van der Waals surface area contributed by atoms with Crippen LogP contribution in [0.15, 0.2) is 30.3 Å². The summed E-state index contributed by atoms with van der Waals surface area (Å²) in [6, 6.07) is 9.90. The van der Waals surface area contributed by atoms with Crippen LogP contribution in [0.5, 0.6) is 5.75 Å². The second-order valence-electron chi connectivity index (χ2n) is 4.95. The van der Waals surface area contributed by atoms with Crippen LogP contribution in [0.1, 0.15) is 32.4 Å². The van der Waals surface area contributed by atoms with E-state index in [1.165, 1.54) is 0 Å². The fourth-order valence-corrected chi connectivity index (χ4v) is 2.18. The first-order valence-corrected chi connectivity index (χ1v) is 7.53. The molecule has 0 unspecified atom stereocenters. The average Bonchev–Trinajstić information content (AvgIpc) is 2.53. The monoisotopic (exact) mass is 285 g/mol. The van der Waals surface area contributed by atoms with Crippen LogP contribution in [0.2, 0.25) is 0 Å². The molecule has 0 aliphatic rings. The highest BCUT2D eigenvalue weighted by molar-refractivity contribution is 5.65. The van der Waals surface area contributed by atoms with Crippen molar-refractivity contribution in [3.8, 4) is 17.1 Å². The number of hydrogen-bond acceptors (Lipinski definition) is 4. The molecule has 2 rings (SSSR count). The largest absolute Gasteiger partial charge is 0.496 e. The molecule has 112 valence electrons. The molecule has 1 N–H and O–H groups in total. The zero-order valence-electron chi connectivity index (χ0n) is 13.0. The van der Waals surface area contributed by atoms with Gasteiger partial charge in [-0.15, -0.1) is 0 Å². The number of hydrogen-bond donors (Lipinski definition) is 1. The summed E-state index contributed by atoms with van der Waals surface area (Å²) < 4.78 is 5.42. The van der Waals surface area contributed by atoms with Gasteiger partial charge in [0.1, 0.15) is 11.6 Å². The van der Waals surface area contributed by atoms with E-state index in [1.807, 2.05) is 30.3 Å². The lowest BCUT2D eigenvalue weighted by molar-refractivity contribution is 0.416. The molecule has 4 heteroatoms. The van der Waals surface area contributed by atoms with Crippen molar-refractivity contribution in [2.24, 2.45) is 0 Å². The Morgan fingerprint density at radius 1 is 1.10 bits per heavy atom. The molecule has 0 aliphatic carbocycles. The summed E-state index contributed by atoms with van der Waals surface area (Å²) in [4.78, 5) is 9.31. The zero-order valence-corrected chi connectivity index (χ0v) is 13.0. The molecule has 0 saturated heterocycles. The van der Waals surface area contributed by atoms with Gasteiger partial charge < -0.3 is 10.1 Å². The molecule has 21 heavy (non-hydrogen) atoms. The quantitative estimate of drug-likeness (QED) is 0.837. The van der Waals surface area contributed by atoms with Crippen molar-refractivity contribution in [1.29, 1.82) is 0 Å². The topological polar surface area (TPSA) is 47.0 Å². The average molecular weight is 285 g/mol. The van der Waals surface area contributed by atoms with Gasteiger partial charge in [-0.25, -0.2) is 9.97 Å². The van der Waals surface area contributed by atoms with Crippen LogP contribution >= 0.6 is 0 Å². The van der Waals surface area contributed by atoms with Gasteiger partial charge in [0.05, 0.1) is 12.7 Å². The van der Waals surface area contributed by atoms with Gasteiger partial charge in [0, 0.05) is 18.3 Å². The zero-order chi connectivity index (χ0) is 15.1. The van der Waals surface area contributed by atoms with Crippen LogP contribution in [-0.2, 0) is 6.42 Å². The number of nitrogens with one attached hydrogen (secondary N) is 1. The van der Waals surface area contributed by atoms with E-state index in [0.29, 0.717) is 0 Å². The molecule has 0 bridgehead atoms. The Morgan fingerprint density at radius 3 is 2.62 bits per heavy atom. The van der Waals surface area contributed by atoms with Gasteiger partial charge in [-0.3, -0.25) is 0 Å². The standard InChI is InChI=1S/C17H23N3O/c1-4-8-13-12-16(18-11-5-2)20-17(19-13)14-9-6-7-10-15(14)21-3/h6-7,9-10,12H,4-5,8,11H2,1-3H3,(H,18,19,20). The maximum atomic E-state index is 5.42. The highest BCUT2D eigenvalue weighted by atomic mass is 16.5. The number of aryl methyl sites for hydroxylation is 1. The molecule has 1 heterocycles. The first kappa shape index (κ1) is 15.3. The van der Waals surface area contributed by atoms with Crippen molar-refractivity contribution in [1.82, 2.24) is 9.97 Å². The molecule has 4 nitrogen and oxygen atoms in total. The Kier molecular flexibility index (Phi) is 5.55. The van der Waals surface area contributed by atoms with E-state index in [4.69, 9.17) is 4.74 Å². The maximum absolute atomic E-state index is 5.42. The van der Waals surface area contributed by atoms with E-state index in [-0.39, 0.29) is 0 Å². The van der Waals surface area contributed by atoms with Gasteiger partial charge >= 0.3 is 0 Å². The van der Waals surface area contributed by atoms with E-state index < -0.39 is 0 Å². The fraction of sp³-hybridized carbons (Fsp3) is 0.412. The van der Waals surface area contributed by atoms with E-state index in [9.17, 15) is 0 Å². The molecule has 0 radical (unpaired) electrons. The van der Waals surface area contributed by atoms with Crippen molar-refractivity contribution in [3.63, 3.8) is 0 Å². The number of aromatic nitrogens is 2. The number of benzene rings is 1. The molecule has 0 amide bonds. The first-order valence-electron chi connectivity index (χ1n) is 7.53. The molecule has 1 aromatic carbocycles. The summed E-state index contributed by atoms with van der Waals surface area (Å²) in [6.45, 7) is 5.21. The van der Waals surface area contributed by atoms with E-state index in [2.05, 4.69) is 29.1 Å². The van der Waals surface area contributed by atoms with Gasteiger partial charge in [-0.05, 0) is 25.0 Å². The molecular formula is C17H23N3O. The lowest BCUT2D eigenvalue weighted by Crippen LogP contribution is -2.06. The second-order valence-corrected chi connectivity index (χ2v) is 4.95. The number of anilines is 1. The van der Waals surface area contributed by atoms with Crippen LogP contribution in [0.25, 0.3) is 11.4 Å². The van der Waals surface area contributed by atoms with Gasteiger partial charge in [-0.1, -0.05) is 32.4 Å². The summed E-state index contributed by atoms with van der Waals surface area (Å²) in [5.74, 6) is 2.40. The minimum absolute atomic E-state index is 0.719. The molecule has 0 atom stereocenters. The number of rotatable bonds is 7. The van der Waals surface area contributed by atoms with Crippen molar-refractivity contribution in [2.75, 3.05) is 19.0 Å². The van der Waals surface area contributed by atoms with E-state index in [0.717, 1.165) is 54.5 Å². The Bertz CT molecular complexity index is 584. The molecule has 0 aliphatic heterocycles. The first-order chi connectivity index (χ1) is 10.3. The van der Waals surface area contributed by atoms with Crippen LogP contribution in [0.3, 0.4) is 0 Å². The lowest BCUT2D eigenvalue weighted by Gasteiger charge is -2.11. The Balaban J connectivity index is 2.43.